The molecule has 3 N–H and O–H groups in total. The maximum Gasteiger partial charge on any atom is 0.240 e. The third kappa shape index (κ3) is 5.12. The molecule has 22 heavy (non-hydrogen) atoms. The summed E-state index contributed by atoms with van der Waals surface area (Å²) in [7, 11) is -1.97. The number of hydrogen-bond donors (Lipinski definition) is 2. The van der Waals surface area contributed by atoms with Crippen LogP contribution in [0.3, 0.4) is 0 Å². The number of nitrogens with one attached hydrogen (secondary N) is 1. The van der Waals surface area contributed by atoms with Crippen LogP contribution in [0.5, 0.6) is 5.75 Å². The Morgan fingerprint density at radius 1 is 1.14 bits per heavy atom. The van der Waals surface area contributed by atoms with Crippen LogP contribution in [0.1, 0.15) is 38.5 Å². The minimum absolute atomic E-state index is 0. The number of methoxy groups -OCH3 is 1. The van der Waals surface area contributed by atoms with E-state index >= 15 is 0 Å². The van der Waals surface area contributed by atoms with Crippen molar-refractivity contribution >= 4 is 22.4 Å². The SMILES string of the molecule is COc1ccc(S(=O)(=O)NCC2(N)CCCCCC2)cc1.Cl. The van der Waals surface area contributed by atoms with Crippen molar-refractivity contribution in [3.63, 3.8) is 0 Å². The highest BCUT2D eigenvalue weighted by Gasteiger charge is 2.28. The molecule has 0 atom stereocenters. The highest BCUT2D eigenvalue weighted by Crippen LogP contribution is 2.25. The molecule has 0 radical (unpaired) electrons. The van der Waals surface area contributed by atoms with Gasteiger partial charge in [0.1, 0.15) is 5.75 Å². The first kappa shape index (κ1) is 19.2. The Hall–Kier alpha value is -0.820. The molecule has 0 amide bonds. The fourth-order valence-corrected chi connectivity index (χ4v) is 3.82. The van der Waals surface area contributed by atoms with E-state index in [1.807, 2.05) is 0 Å². The highest BCUT2D eigenvalue weighted by molar-refractivity contribution is 7.89. The molecule has 0 unspecified atom stereocenters. The Labute approximate surface area is 139 Å². The van der Waals surface area contributed by atoms with E-state index in [1.165, 1.54) is 25.0 Å². The number of ether oxygens (including phenoxy) is 1. The van der Waals surface area contributed by atoms with Gasteiger partial charge in [-0.15, -0.1) is 12.4 Å². The molecule has 126 valence electrons. The number of halogens is 1. The van der Waals surface area contributed by atoms with Crippen LogP contribution in [0.4, 0.5) is 0 Å². The van der Waals surface area contributed by atoms with E-state index in [2.05, 4.69) is 4.72 Å². The van der Waals surface area contributed by atoms with Crippen molar-refractivity contribution in [3.05, 3.63) is 24.3 Å². The lowest BCUT2D eigenvalue weighted by Crippen LogP contribution is -2.49. The van der Waals surface area contributed by atoms with Crippen molar-refractivity contribution in [1.82, 2.24) is 4.72 Å². The third-order valence-electron chi connectivity index (χ3n) is 4.08. The predicted octanol–water partition coefficient (Wildman–Crippen LogP) is 2.45. The summed E-state index contributed by atoms with van der Waals surface area (Å²) in [4.78, 5) is 0.237. The largest absolute Gasteiger partial charge is 0.497 e. The van der Waals surface area contributed by atoms with Gasteiger partial charge in [0.25, 0.3) is 0 Å². The lowest BCUT2D eigenvalue weighted by molar-refractivity contribution is 0.369. The van der Waals surface area contributed by atoms with Crippen LogP contribution in [0.2, 0.25) is 0 Å². The van der Waals surface area contributed by atoms with E-state index in [1.54, 1.807) is 19.2 Å². The molecular weight excluding hydrogens is 324 g/mol. The van der Waals surface area contributed by atoms with Crippen LogP contribution in [0.15, 0.2) is 29.2 Å². The van der Waals surface area contributed by atoms with Crippen LogP contribution in [-0.2, 0) is 10.0 Å². The molecule has 2 rings (SSSR count). The molecule has 1 aliphatic carbocycles. The molecule has 7 heteroatoms. The summed E-state index contributed by atoms with van der Waals surface area (Å²) in [6.45, 7) is 0.293. The van der Waals surface area contributed by atoms with Crippen LogP contribution in [-0.4, -0.2) is 27.6 Å². The van der Waals surface area contributed by atoms with Crippen LogP contribution in [0, 0.1) is 0 Å². The Kier molecular flexibility index (Phi) is 7.12. The molecule has 0 aliphatic heterocycles. The molecule has 5 nitrogen and oxygen atoms in total. The third-order valence-corrected chi connectivity index (χ3v) is 5.50. The predicted molar refractivity (Wildman–Crippen MR) is 90.1 cm³/mol. The quantitative estimate of drug-likeness (QED) is 0.801. The Balaban J connectivity index is 0.00000242. The summed E-state index contributed by atoms with van der Waals surface area (Å²) in [6.07, 6.45) is 6.26. The minimum Gasteiger partial charge on any atom is -0.497 e. The zero-order chi connectivity index (χ0) is 15.3. The van der Waals surface area contributed by atoms with Gasteiger partial charge in [0.05, 0.1) is 12.0 Å². The molecule has 1 fully saturated rings. The summed E-state index contributed by atoms with van der Waals surface area (Å²) in [6, 6.07) is 6.35. The summed E-state index contributed by atoms with van der Waals surface area (Å²) in [5.41, 5.74) is 5.92. The van der Waals surface area contributed by atoms with E-state index in [4.69, 9.17) is 10.5 Å². The Morgan fingerprint density at radius 3 is 2.18 bits per heavy atom. The number of benzene rings is 1. The van der Waals surface area contributed by atoms with E-state index in [0.29, 0.717) is 12.3 Å². The maximum atomic E-state index is 12.3. The van der Waals surface area contributed by atoms with Crippen molar-refractivity contribution in [2.45, 2.75) is 49.0 Å². The molecular formula is C15H25ClN2O3S. The van der Waals surface area contributed by atoms with Crippen molar-refractivity contribution in [3.8, 4) is 5.75 Å². The first-order valence-corrected chi connectivity index (χ1v) is 8.86. The van der Waals surface area contributed by atoms with Gasteiger partial charge in [-0.1, -0.05) is 25.7 Å². The minimum atomic E-state index is -3.52. The van der Waals surface area contributed by atoms with Gasteiger partial charge in [-0.25, -0.2) is 13.1 Å². The lowest BCUT2D eigenvalue weighted by Gasteiger charge is -2.28. The molecule has 1 aromatic rings. The first-order valence-electron chi connectivity index (χ1n) is 7.38. The number of nitrogens with two attached hydrogens (primary N) is 1. The van der Waals surface area contributed by atoms with Crippen LogP contribution in [0.25, 0.3) is 0 Å². The Bertz CT molecular complexity index is 553. The van der Waals surface area contributed by atoms with Gasteiger partial charge in [0.2, 0.25) is 10.0 Å². The van der Waals surface area contributed by atoms with E-state index < -0.39 is 15.6 Å². The van der Waals surface area contributed by atoms with Gasteiger partial charge < -0.3 is 10.5 Å². The maximum absolute atomic E-state index is 12.3. The second-order valence-corrected chi connectivity index (χ2v) is 7.54. The van der Waals surface area contributed by atoms with E-state index in [0.717, 1.165) is 25.7 Å². The second kappa shape index (κ2) is 8.15. The molecule has 1 aromatic carbocycles. The summed E-state index contributed by atoms with van der Waals surface area (Å²) in [5.74, 6) is 0.632. The van der Waals surface area contributed by atoms with Crippen LogP contribution < -0.4 is 15.2 Å². The summed E-state index contributed by atoms with van der Waals surface area (Å²) in [5, 5.41) is 0. The number of rotatable bonds is 5. The lowest BCUT2D eigenvalue weighted by atomic mass is 9.92. The zero-order valence-corrected chi connectivity index (χ0v) is 14.5. The average Bonchev–Trinajstić information content (AvgIpc) is 2.71. The van der Waals surface area contributed by atoms with Gasteiger partial charge in [0, 0.05) is 12.1 Å². The molecule has 1 saturated carbocycles. The smallest absolute Gasteiger partial charge is 0.240 e. The van der Waals surface area contributed by atoms with Crippen molar-refractivity contribution in [1.29, 1.82) is 0 Å². The topological polar surface area (TPSA) is 81.4 Å². The summed E-state index contributed by atoms with van der Waals surface area (Å²) >= 11 is 0. The first-order chi connectivity index (χ1) is 9.95. The van der Waals surface area contributed by atoms with E-state index in [9.17, 15) is 8.42 Å². The van der Waals surface area contributed by atoms with E-state index in [-0.39, 0.29) is 17.3 Å². The fourth-order valence-electron chi connectivity index (χ4n) is 2.69. The van der Waals surface area contributed by atoms with Gasteiger partial charge >= 0.3 is 0 Å². The molecule has 0 heterocycles. The van der Waals surface area contributed by atoms with Crippen molar-refractivity contribution < 1.29 is 13.2 Å². The fraction of sp³-hybridized carbons (Fsp3) is 0.600. The van der Waals surface area contributed by atoms with Crippen molar-refractivity contribution in [2.75, 3.05) is 13.7 Å². The van der Waals surface area contributed by atoms with Crippen LogP contribution >= 0.6 is 12.4 Å². The molecule has 0 saturated heterocycles. The van der Waals surface area contributed by atoms with Crippen molar-refractivity contribution in [2.24, 2.45) is 5.73 Å². The number of hydrogen-bond acceptors (Lipinski definition) is 4. The highest BCUT2D eigenvalue weighted by atomic mass is 35.5. The molecule has 0 spiro atoms. The zero-order valence-electron chi connectivity index (χ0n) is 12.9. The van der Waals surface area contributed by atoms with Gasteiger partial charge in [-0.05, 0) is 37.1 Å². The average molecular weight is 349 g/mol. The summed E-state index contributed by atoms with van der Waals surface area (Å²) < 4.78 is 32.3. The van der Waals surface area contributed by atoms with Gasteiger partial charge in [0.15, 0.2) is 0 Å². The molecule has 0 bridgehead atoms. The Morgan fingerprint density at radius 2 is 1.68 bits per heavy atom. The normalized spacial score (nSPS) is 18.1. The second-order valence-electron chi connectivity index (χ2n) is 5.78. The molecule has 1 aliphatic rings. The molecule has 0 aromatic heterocycles. The van der Waals surface area contributed by atoms with Gasteiger partial charge in [-0.2, -0.15) is 0 Å². The standard InChI is InChI=1S/C15H24N2O3S.ClH/c1-20-13-6-8-14(9-7-13)21(18,19)17-12-15(16)10-4-2-3-5-11-15;/h6-9,17H,2-5,10-12,16H2,1H3;1H. The monoisotopic (exact) mass is 348 g/mol. The van der Waals surface area contributed by atoms with Gasteiger partial charge in [-0.3, -0.25) is 0 Å². The number of sulfonamides is 1.